The summed E-state index contributed by atoms with van der Waals surface area (Å²) in [5, 5.41) is 9.63. The lowest BCUT2D eigenvalue weighted by Gasteiger charge is -2.13. The van der Waals surface area contributed by atoms with Crippen LogP contribution in [-0.2, 0) is 12.8 Å². The number of hydrogen-bond acceptors (Lipinski definition) is 1. The van der Waals surface area contributed by atoms with Crippen LogP contribution in [0.4, 0.5) is 0 Å². The van der Waals surface area contributed by atoms with E-state index in [9.17, 15) is 9.90 Å². The predicted octanol–water partition coefficient (Wildman–Crippen LogP) is 8.75. The Balaban J connectivity index is 2.39. The Morgan fingerprint density at radius 3 is 1.59 bits per heavy atom. The minimum atomic E-state index is -0.766. The number of carboxylic acid groups (broad SMARTS) is 1. The number of unbranched alkanes of at least 4 members (excludes halogenated alkanes) is 14. The van der Waals surface area contributed by atoms with Crippen molar-refractivity contribution in [3.63, 3.8) is 0 Å². The number of aromatic carboxylic acids is 1. The molecular weight excluding hydrogens is 356 g/mol. The molecule has 2 heteroatoms. The van der Waals surface area contributed by atoms with Crippen LogP contribution in [0.15, 0.2) is 18.2 Å². The van der Waals surface area contributed by atoms with E-state index >= 15 is 0 Å². The molecule has 0 atom stereocenters. The molecule has 166 valence electrons. The van der Waals surface area contributed by atoms with Crippen molar-refractivity contribution in [2.75, 3.05) is 0 Å². The van der Waals surface area contributed by atoms with E-state index in [0.717, 1.165) is 24.8 Å². The van der Waals surface area contributed by atoms with Gasteiger partial charge in [0, 0.05) is 0 Å². The van der Waals surface area contributed by atoms with Crippen LogP contribution in [0.5, 0.6) is 0 Å². The number of aryl methyl sites for hydroxylation is 1. The van der Waals surface area contributed by atoms with Gasteiger partial charge in [0.15, 0.2) is 0 Å². The van der Waals surface area contributed by atoms with Crippen molar-refractivity contribution >= 4 is 5.97 Å². The third-order valence-electron chi connectivity index (χ3n) is 6.08. The van der Waals surface area contributed by atoms with Gasteiger partial charge in [-0.05, 0) is 42.9 Å². The molecule has 0 bridgehead atoms. The molecule has 0 saturated carbocycles. The lowest BCUT2D eigenvalue weighted by atomic mass is 9.92. The first-order chi connectivity index (χ1) is 14.2. The molecule has 0 aliphatic carbocycles. The van der Waals surface area contributed by atoms with E-state index in [0.29, 0.717) is 5.56 Å². The zero-order valence-corrected chi connectivity index (χ0v) is 19.3. The maximum Gasteiger partial charge on any atom is 0.335 e. The summed E-state index contributed by atoms with van der Waals surface area (Å²) in [5.41, 5.74) is 2.91. The maximum atomic E-state index is 11.7. The molecule has 0 aliphatic heterocycles. The fourth-order valence-electron chi connectivity index (χ4n) is 4.25. The predicted molar refractivity (Wildman–Crippen MR) is 126 cm³/mol. The van der Waals surface area contributed by atoms with Crippen LogP contribution in [0.1, 0.15) is 138 Å². The number of rotatable bonds is 19. The summed E-state index contributed by atoms with van der Waals surface area (Å²) >= 11 is 0. The molecule has 0 spiro atoms. The average Bonchev–Trinajstić information content (AvgIpc) is 2.72. The second-order valence-electron chi connectivity index (χ2n) is 8.70. The lowest BCUT2D eigenvalue weighted by Crippen LogP contribution is -2.06. The molecule has 1 N–H and O–H groups in total. The second-order valence-corrected chi connectivity index (χ2v) is 8.70. The molecule has 29 heavy (non-hydrogen) atoms. The molecule has 0 aromatic heterocycles. The number of carbonyl (C=O) groups is 1. The summed E-state index contributed by atoms with van der Waals surface area (Å²) < 4.78 is 0. The van der Waals surface area contributed by atoms with E-state index in [1.54, 1.807) is 6.07 Å². The highest BCUT2D eigenvalue weighted by molar-refractivity contribution is 5.89. The van der Waals surface area contributed by atoms with Crippen LogP contribution in [0.25, 0.3) is 0 Å². The van der Waals surface area contributed by atoms with E-state index in [4.69, 9.17) is 0 Å². The fourth-order valence-corrected chi connectivity index (χ4v) is 4.25. The lowest BCUT2D eigenvalue weighted by molar-refractivity contribution is 0.0695. The fraction of sp³-hybridized carbons (Fsp3) is 0.741. The summed E-state index contributed by atoms with van der Waals surface area (Å²) in [6, 6.07) is 5.88. The van der Waals surface area contributed by atoms with Crippen molar-refractivity contribution < 1.29 is 9.90 Å². The van der Waals surface area contributed by atoms with Crippen molar-refractivity contribution in [1.82, 2.24) is 0 Å². The van der Waals surface area contributed by atoms with E-state index in [2.05, 4.69) is 19.9 Å². The average molecular weight is 403 g/mol. The summed E-state index contributed by atoms with van der Waals surface area (Å²) in [6.07, 6.45) is 22.8. The monoisotopic (exact) mass is 402 g/mol. The molecule has 2 nitrogen and oxygen atoms in total. The minimum absolute atomic E-state index is 0.532. The molecule has 1 rings (SSSR count). The summed E-state index contributed by atoms with van der Waals surface area (Å²) in [6.45, 7) is 4.52. The summed E-state index contributed by atoms with van der Waals surface area (Å²) in [5.74, 6) is -0.766. The zero-order valence-electron chi connectivity index (χ0n) is 19.3. The molecule has 0 amide bonds. The van der Waals surface area contributed by atoms with E-state index in [1.807, 2.05) is 6.07 Å². The second kappa shape index (κ2) is 17.5. The first-order valence-corrected chi connectivity index (χ1v) is 12.5. The van der Waals surface area contributed by atoms with Crippen molar-refractivity contribution in [1.29, 1.82) is 0 Å². The van der Waals surface area contributed by atoms with Crippen LogP contribution in [0.2, 0.25) is 0 Å². The topological polar surface area (TPSA) is 37.3 Å². The maximum absolute atomic E-state index is 11.7. The van der Waals surface area contributed by atoms with Gasteiger partial charge in [-0.3, -0.25) is 0 Å². The minimum Gasteiger partial charge on any atom is -0.478 e. The highest BCUT2D eigenvalue weighted by Crippen LogP contribution is 2.22. The molecule has 0 aliphatic rings. The summed E-state index contributed by atoms with van der Waals surface area (Å²) in [7, 11) is 0. The van der Waals surface area contributed by atoms with Gasteiger partial charge in [-0.25, -0.2) is 4.79 Å². The largest absolute Gasteiger partial charge is 0.478 e. The van der Waals surface area contributed by atoms with Gasteiger partial charge in [0.2, 0.25) is 0 Å². The third kappa shape index (κ3) is 12.1. The first kappa shape index (κ1) is 25.7. The van der Waals surface area contributed by atoms with Gasteiger partial charge in [-0.15, -0.1) is 0 Å². The normalized spacial score (nSPS) is 11.1. The number of benzene rings is 1. The van der Waals surface area contributed by atoms with Gasteiger partial charge in [-0.1, -0.05) is 116 Å². The quantitative estimate of drug-likeness (QED) is 0.235. The molecular formula is C27H46O2. The molecule has 1 aromatic carbocycles. The Labute approximate surface area is 180 Å². The van der Waals surface area contributed by atoms with E-state index < -0.39 is 5.97 Å². The van der Waals surface area contributed by atoms with Gasteiger partial charge in [0.1, 0.15) is 0 Å². The van der Waals surface area contributed by atoms with Gasteiger partial charge < -0.3 is 5.11 Å². The Bertz CT molecular complexity index is 535. The third-order valence-corrected chi connectivity index (χ3v) is 6.08. The highest BCUT2D eigenvalue weighted by Gasteiger charge is 2.13. The van der Waals surface area contributed by atoms with Gasteiger partial charge in [-0.2, -0.15) is 0 Å². The highest BCUT2D eigenvalue weighted by atomic mass is 16.4. The van der Waals surface area contributed by atoms with Crippen LogP contribution in [-0.4, -0.2) is 11.1 Å². The number of hydrogen-bond donors (Lipinski definition) is 1. The molecule has 0 heterocycles. The molecule has 1 aromatic rings. The molecule has 0 saturated heterocycles. The van der Waals surface area contributed by atoms with Crippen molar-refractivity contribution in [3.05, 3.63) is 34.9 Å². The van der Waals surface area contributed by atoms with E-state index in [1.165, 1.54) is 102 Å². The Kier molecular flexibility index (Phi) is 15.6. The van der Waals surface area contributed by atoms with E-state index in [-0.39, 0.29) is 0 Å². The van der Waals surface area contributed by atoms with Gasteiger partial charge >= 0.3 is 5.97 Å². The van der Waals surface area contributed by atoms with Crippen molar-refractivity contribution in [2.45, 2.75) is 129 Å². The summed E-state index contributed by atoms with van der Waals surface area (Å²) in [4.78, 5) is 11.7. The van der Waals surface area contributed by atoms with Gasteiger partial charge in [0.05, 0.1) is 5.56 Å². The Morgan fingerprint density at radius 2 is 1.10 bits per heavy atom. The van der Waals surface area contributed by atoms with Crippen LogP contribution in [0.3, 0.4) is 0 Å². The van der Waals surface area contributed by atoms with Crippen molar-refractivity contribution in [3.8, 4) is 0 Å². The number of carboxylic acids is 1. The van der Waals surface area contributed by atoms with Gasteiger partial charge in [0.25, 0.3) is 0 Å². The van der Waals surface area contributed by atoms with Crippen LogP contribution >= 0.6 is 0 Å². The smallest absolute Gasteiger partial charge is 0.335 e. The van der Waals surface area contributed by atoms with Crippen molar-refractivity contribution in [2.24, 2.45) is 0 Å². The van der Waals surface area contributed by atoms with Crippen LogP contribution < -0.4 is 0 Å². The molecule has 0 fully saturated rings. The first-order valence-electron chi connectivity index (χ1n) is 12.5. The zero-order chi connectivity index (χ0) is 21.2. The Morgan fingerprint density at radius 1 is 0.655 bits per heavy atom. The standard InChI is InChI=1S/C27H46O2/c1-3-5-7-9-11-13-15-17-20-24-21-19-23-26(27(28)29)25(24)22-18-16-14-12-10-8-6-4-2/h19,21,23H,3-18,20,22H2,1-2H3,(H,28,29). The Hall–Kier alpha value is -1.31. The van der Waals surface area contributed by atoms with Crippen LogP contribution in [0, 0.1) is 0 Å². The SMILES string of the molecule is CCCCCCCCCCc1cccc(C(=O)O)c1CCCCCCCCCC. The molecule has 0 radical (unpaired) electrons. The molecule has 0 unspecified atom stereocenters.